The predicted molar refractivity (Wildman–Crippen MR) is 66.3 cm³/mol. The number of nitrogens with zero attached hydrogens (tertiary/aromatic N) is 1. The van der Waals surface area contributed by atoms with E-state index < -0.39 is 10.0 Å². The second-order valence-electron chi connectivity index (χ2n) is 5.29. The van der Waals surface area contributed by atoms with E-state index in [1.54, 1.807) is 4.31 Å². The maximum absolute atomic E-state index is 12.3. The SMILES string of the molecule is CC1CN(S(=O)(=O)CC2CCOC2)CC(C)N1. The average Bonchev–Trinajstić information content (AvgIpc) is 2.68. The number of ether oxygens (including phenoxy) is 1. The fourth-order valence-electron chi connectivity index (χ4n) is 2.62. The third-order valence-corrected chi connectivity index (χ3v) is 5.37. The fraction of sp³-hybridized carbons (Fsp3) is 1.00. The first-order chi connectivity index (χ1) is 7.97. The summed E-state index contributed by atoms with van der Waals surface area (Å²) in [6.07, 6.45) is 0.871. The van der Waals surface area contributed by atoms with Gasteiger partial charge in [0.1, 0.15) is 0 Å². The second kappa shape index (κ2) is 5.22. The third-order valence-electron chi connectivity index (χ3n) is 3.39. The number of rotatable bonds is 3. The van der Waals surface area contributed by atoms with E-state index >= 15 is 0 Å². The fourth-order valence-corrected chi connectivity index (χ4v) is 4.59. The maximum Gasteiger partial charge on any atom is 0.214 e. The number of sulfonamides is 1. The lowest BCUT2D eigenvalue weighted by molar-refractivity contribution is 0.188. The third kappa shape index (κ3) is 3.40. The molecule has 3 unspecified atom stereocenters. The molecule has 100 valence electrons. The molecule has 0 saturated carbocycles. The molecule has 0 amide bonds. The van der Waals surface area contributed by atoms with Gasteiger partial charge in [-0.05, 0) is 26.2 Å². The molecule has 0 aromatic carbocycles. The predicted octanol–water partition coefficient (Wildman–Crippen LogP) is 0.0349. The van der Waals surface area contributed by atoms with Crippen LogP contribution in [-0.2, 0) is 14.8 Å². The molecule has 0 spiro atoms. The topological polar surface area (TPSA) is 58.6 Å². The van der Waals surface area contributed by atoms with Crippen molar-refractivity contribution >= 4 is 10.0 Å². The Morgan fingerprint density at radius 1 is 1.29 bits per heavy atom. The minimum Gasteiger partial charge on any atom is -0.381 e. The summed E-state index contributed by atoms with van der Waals surface area (Å²) in [6.45, 7) is 6.51. The van der Waals surface area contributed by atoms with Gasteiger partial charge in [0.25, 0.3) is 0 Å². The van der Waals surface area contributed by atoms with Crippen molar-refractivity contribution in [2.45, 2.75) is 32.4 Å². The molecule has 2 heterocycles. The second-order valence-corrected chi connectivity index (χ2v) is 7.31. The standard InChI is InChI=1S/C11H22N2O3S/c1-9-5-13(6-10(2)12-9)17(14,15)8-11-3-4-16-7-11/h9-12H,3-8H2,1-2H3. The van der Waals surface area contributed by atoms with Gasteiger partial charge in [-0.2, -0.15) is 4.31 Å². The zero-order chi connectivity index (χ0) is 12.5. The van der Waals surface area contributed by atoms with Gasteiger partial charge in [0.15, 0.2) is 0 Å². The highest BCUT2D eigenvalue weighted by atomic mass is 32.2. The van der Waals surface area contributed by atoms with Crippen LogP contribution in [0.5, 0.6) is 0 Å². The molecular weight excluding hydrogens is 240 g/mol. The highest BCUT2D eigenvalue weighted by molar-refractivity contribution is 7.89. The highest BCUT2D eigenvalue weighted by Gasteiger charge is 2.32. The Hall–Kier alpha value is -0.170. The van der Waals surface area contributed by atoms with E-state index in [0.717, 1.165) is 6.42 Å². The maximum atomic E-state index is 12.3. The van der Waals surface area contributed by atoms with E-state index in [9.17, 15) is 8.42 Å². The number of hydrogen-bond donors (Lipinski definition) is 1. The van der Waals surface area contributed by atoms with Gasteiger partial charge in [0.2, 0.25) is 10.0 Å². The van der Waals surface area contributed by atoms with Gasteiger partial charge >= 0.3 is 0 Å². The molecule has 2 saturated heterocycles. The quantitative estimate of drug-likeness (QED) is 0.780. The van der Waals surface area contributed by atoms with Gasteiger partial charge in [0, 0.05) is 31.8 Å². The van der Waals surface area contributed by atoms with Crippen LogP contribution in [0.3, 0.4) is 0 Å². The number of piperazine rings is 1. The highest BCUT2D eigenvalue weighted by Crippen LogP contribution is 2.18. The van der Waals surface area contributed by atoms with Crippen molar-refractivity contribution in [1.29, 1.82) is 0 Å². The minimum absolute atomic E-state index is 0.181. The van der Waals surface area contributed by atoms with Crippen molar-refractivity contribution in [2.24, 2.45) is 5.92 Å². The van der Waals surface area contributed by atoms with Crippen LogP contribution in [0.25, 0.3) is 0 Å². The first-order valence-electron chi connectivity index (χ1n) is 6.29. The molecule has 5 nitrogen and oxygen atoms in total. The Morgan fingerprint density at radius 3 is 2.47 bits per heavy atom. The lowest BCUT2D eigenvalue weighted by Gasteiger charge is -2.35. The van der Waals surface area contributed by atoms with Gasteiger partial charge in [-0.1, -0.05) is 0 Å². The van der Waals surface area contributed by atoms with Crippen molar-refractivity contribution in [1.82, 2.24) is 9.62 Å². The van der Waals surface area contributed by atoms with Crippen molar-refractivity contribution in [2.75, 3.05) is 32.1 Å². The first-order valence-corrected chi connectivity index (χ1v) is 7.90. The van der Waals surface area contributed by atoms with Gasteiger partial charge < -0.3 is 10.1 Å². The Bertz CT molecular complexity index is 342. The van der Waals surface area contributed by atoms with E-state index in [-0.39, 0.29) is 23.8 Å². The van der Waals surface area contributed by atoms with E-state index in [2.05, 4.69) is 5.32 Å². The van der Waals surface area contributed by atoms with E-state index in [1.165, 1.54) is 0 Å². The zero-order valence-corrected chi connectivity index (χ0v) is 11.4. The van der Waals surface area contributed by atoms with Crippen LogP contribution in [0.4, 0.5) is 0 Å². The van der Waals surface area contributed by atoms with Crippen LogP contribution in [0.15, 0.2) is 0 Å². The number of nitrogens with one attached hydrogen (secondary N) is 1. The molecule has 2 aliphatic heterocycles. The van der Waals surface area contributed by atoms with Crippen molar-refractivity contribution in [3.8, 4) is 0 Å². The summed E-state index contributed by atoms with van der Waals surface area (Å²) < 4.78 is 31.4. The summed E-state index contributed by atoms with van der Waals surface area (Å²) in [7, 11) is -3.12. The Morgan fingerprint density at radius 2 is 1.94 bits per heavy atom. The van der Waals surface area contributed by atoms with Gasteiger partial charge in [-0.3, -0.25) is 0 Å². The van der Waals surface area contributed by atoms with Crippen LogP contribution in [0.1, 0.15) is 20.3 Å². The summed E-state index contributed by atoms with van der Waals surface area (Å²) in [5.41, 5.74) is 0. The lowest BCUT2D eigenvalue weighted by atomic mass is 10.2. The molecule has 1 N–H and O–H groups in total. The van der Waals surface area contributed by atoms with Crippen molar-refractivity contribution < 1.29 is 13.2 Å². The average molecular weight is 262 g/mol. The molecule has 2 rings (SSSR count). The smallest absolute Gasteiger partial charge is 0.214 e. The van der Waals surface area contributed by atoms with Crippen LogP contribution in [0, 0.1) is 5.92 Å². The summed E-state index contributed by atoms with van der Waals surface area (Å²) in [5.74, 6) is 0.424. The normalized spacial score (nSPS) is 36.2. The molecule has 17 heavy (non-hydrogen) atoms. The monoisotopic (exact) mass is 262 g/mol. The summed E-state index contributed by atoms with van der Waals surface area (Å²) >= 11 is 0. The molecule has 2 aliphatic rings. The summed E-state index contributed by atoms with van der Waals surface area (Å²) in [6, 6.07) is 0.460. The minimum atomic E-state index is -3.12. The van der Waals surface area contributed by atoms with Crippen molar-refractivity contribution in [3.63, 3.8) is 0 Å². The van der Waals surface area contributed by atoms with Crippen LogP contribution in [-0.4, -0.2) is 56.9 Å². The van der Waals surface area contributed by atoms with E-state index in [1.807, 2.05) is 13.8 Å². The molecule has 3 atom stereocenters. The zero-order valence-electron chi connectivity index (χ0n) is 10.6. The molecule has 0 aromatic rings. The van der Waals surface area contributed by atoms with Crippen molar-refractivity contribution in [3.05, 3.63) is 0 Å². The molecule has 2 fully saturated rings. The van der Waals surface area contributed by atoms with Crippen LogP contribution >= 0.6 is 0 Å². The van der Waals surface area contributed by atoms with Gasteiger partial charge in [-0.15, -0.1) is 0 Å². The Balaban J connectivity index is 1.98. The molecule has 0 radical (unpaired) electrons. The molecular formula is C11H22N2O3S. The molecule has 0 aliphatic carbocycles. The lowest BCUT2D eigenvalue weighted by Crippen LogP contribution is -2.56. The molecule has 0 aromatic heterocycles. The van der Waals surface area contributed by atoms with E-state index in [0.29, 0.717) is 26.3 Å². The largest absolute Gasteiger partial charge is 0.381 e. The summed E-state index contributed by atoms with van der Waals surface area (Å²) in [5, 5.41) is 3.34. The first kappa shape index (κ1) is 13.3. The molecule has 0 bridgehead atoms. The molecule has 6 heteroatoms. The van der Waals surface area contributed by atoms with Gasteiger partial charge in [0.05, 0.1) is 12.4 Å². The number of hydrogen-bond acceptors (Lipinski definition) is 4. The van der Waals surface area contributed by atoms with Crippen LogP contribution in [0.2, 0.25) is 0 Å². The summed E-state index contributed by atoms with van der Waals surface area (Å²) in [4.78, 5) is 0. The Kier molecular flexibility index (Phi) is 4.07. The Labute approximate surface area is 104 Å². The van der Waals surface area contributed by atoms with Gasteiger partial charge in [-0.25, -0.2) is 8.42 Å². The van der Waals surface area contributed by atoms with E-state index in [4.69, 9.17) is 4.74 Å². The van der Waals surface area contributed by atoms with Crippen LogP contribution < -0.4 is 5.32 Å².